The maximum absolute atomic E-state index is 12.7. The van der Waals surface area contributed by atoms with Crippen molar-refractivity contribution < 1.29 is 14.4 Å². The summed E-state index contributed by atoms with van der Waals surface area (Å²) >= 11 is 0. The van der Waals surface area contributed by atoms with E-state index >= 15 is 0 Å². The van der Waals surface area contributed by atoms with Crippen LogP contribution in [0.4, 0.5) is 5.69 Å². The van der Waals surface area contributed by atoms with Crippen molar-refractivity contribution in [3.63, 3.8) is 0 Å². The first-order valence-electron chi connectivity index (χ1n) is 9.24. The number of carbonyl (C=O) groups is 3. The molecule has 1 saturated heterocycles. The Morgan fingerprint density at radius 1 is 1.00 bits per heavy atom. The van der Waals surface area contributed by atoms with Gasteiger partial charge in [-0.2, -0.15) is 0 Å². The van der Waals surface area contributed by atoms with E-state index in [1.807, 2.05) is 32.9 Å². The SMILES string of the molecule is Cc1cc(C)c(NC(=O)c2cccc(C(=O)N3CCN(C=O)CC3)n2)c(C)c1. The van der Waals surface area contributed by atoms with Crippen LogP contribution in [0.25, 0.3) is 0 Å². The topological polar surface area (TPSA) is 82.6 Å². The van der Waals surface area contributed by atoms with Crippen molar-refractivity contribution in [1.82, 2.24) is 14.8 Å². The minimum atomic E-state index is -0.351. The molecule has 7 heteroatoms. The Kier molecular flexibility index (Phi) is 5.73. The number of carbonyl (C=O) groups excluding carboxylic acids is 3. The lowest BCUT2D eigenvalue weighted by Gasteiger charge is -2.32. The summed E-state index contributed by atoms with van der Waals surface area (Å²) in [4.78, 5) is 43.8. The summed E-state index contributed by atoms with van der Waals surface area (Å²) in [7, 11) is 0. The van der Waals surface area contributed by atoms with Gasteiger partial charge in [0.05, 0.1) is 0 Å². The van der Waals surface area contributed by atoms with Gasteiger partial charge in [0, 0.05) is 31.9 Å². The lowest BCUT2D eigenvalue weighted by molar-refractivity contribution is -0.119. The number of benzene rings is 1. The number of nitrogens with one attached hydrogen (secondary N) is 1. The predicted molar refractivity (Wildman–Crippen MR) is 106 cm³/mol. The summed E-state index contributed by atoms with van der Waals surface area (Å²) in [6, 6.07) is 8.87. The van der Waals surface area contributed by atoms with E-state index in [4.69, 9.17) is 0 Å². The molecule has 28 heavy (non-hydrogen) atoms. The molecule has 0 aliphatic carbocycles. The minimum absolute atomic E-state index is 0.191. The van der Waals surface area contributed by atoms with Crippen molar-refractivity contribution in [3.8, 4) is 0 Å². The van der Waals surface area contributed by atoms with Crippen LogP contribution in [0, 0.1) is 20.8 Å². The summed E-state index contributed by atoms with van der Waals surface area (Å²) in [6.07, 6.45) is 0.792. The van der Waals surface area contributed by atoms with Gasteiger partial charge in [-0.15, -0.1) is 0 Å². The number of aromatic nitrogens is 1. The van der Waals surface area contributed by atoms with Crippen LogP contribution in [-0.4, -0.2) is 59.2 Å². The molecule has 0 atom stereocenters. The lowest BCUT2D eigenvalue weighted by atomic mass is 10.0. The molecule has 1 aliphatic rings. The summed E-state index contributed by atoms with van der Waals surface area (Å²) in [6.45, 7) is 7.82. The Hall–Kier alpha value is -3.22. The average Bonchev–Trinajstić information content (AvgIpc) is 2.70. The van der Waals surface area contributed by atoms with Crippen LogP contribution >= 0.6 is 0 Å². The number of anilines is 1. The Morgan fingerprint density at radius 2 is 1.61 bits per heavy atom. The average molecular weight is 380 g/mol. The first kappa shape index (κ1) is 19.5. The van der Waals surface area contributed by atoms with Crippen molar-refractivity contribution >= 4 is 23.9 Å². The molecular weight excluding hydrogens is 356 g/mol. The molecule has 0 unspecified atom stereocenters. The molecule has 3 rings (SSSR count). The number of hydrogen-bond acceptors (Lipinski definition) is 4. The quantitative estimate of drug-likeness (QED) is 0.824. The molecule has 2 aromatic rings. The van der Waals surface area contributed by atoms with E-state index in [0.29, 0.717) is 26.2 Å². The maximum Gasteiger partial charge on any atom is 0.274 e. The van der Waals surface area contributed by atoms with Crippen molar-refractivity contribution in [2.24, 2.45) is 0 Å². The summed E-state index contributed by atoms with van der Waals surface area (Å²) in [5.74, 6) is -0.585. The second-order valence-corrected chi connectivity index (χ2v) is 7.07. The van der Waals surface area contributed by atoms with Crippen LogP contribution in [0.1, 0.15) is 37.7 Å². The molecule has 1 aliphatic heterocycles. The van der Waals surface area contributed by atoms with E-state index in [1.165, 1.54) is 0 Å². The zero-order chi connectivity index (χ0) is 20.3. The number of amides is 3. The standard InChI is InChI=1S/C21H24N4O3/c1-14-11-15(2)19(16(3)12-14)23-20(27)17-5-4-6-18(22-17)21(28)25-9-7-24(13-26)8-10-25/h4-6,11-13H,7-10H2,1-3H3,(H,23,27). The normalized spacial score (nSPS) is 14.0. The molecule has 2 heterocycles. The Labute approximate surface area is 164 Å². The molecule has 1 fully saturated rings. The zero-order valence-corrected chi connectivity index (χ0v) is 16.4. The number of nitrogens with zero attached hydrogens (tertiary/aromatic N) is 3. The molecule has 1 aromatic heterocycles. The van der Waals surface area contributed by atoms with E-state index in [2.05, 4.69) is 10.3 Å². The Bertz CT molecular complexity index is 895. The highest BCUT2D eigenvalue weighted by Gasteiger charge is 2.23. The highest BCUT2D eigenvalue weighted by molar-refractivity contribution is 6.04. The molecule has 0 spiro atoms. The van der Waals surface area contributed by atoms with Crippen LogP contribution in [-0.2, 0) is 4.79 Å². The van der Waals surface area contributed by atoms with Gasteiger partial charge in [-0.1, -0.05) is 23.8 Å². The molecule has 1 N–H and O–H groups in total. The highest BCUT2D eigenvalue weighted by atomic mass is 16.2. The van der Waals surface area contributed by atoms with Crippen molar-refractivity contribution in [2.75, 3.05) is 31.5 Å². The monoisotopic (exact) mass is 380 g/mol. The number of piperazine rings is 1. The third-order valence-corrected chi connectivity index (χ3v) is 4.87. The molecule has 146 valence electrons. The fraction of sp³-hybridized carbons (Fsp3) is 0.333. The van der Waals surface area contributed by atoms with Crippen molar-refractivity contribution in [3.05, 3.63) is 58.4 Å². The van der Waals surface area contributed by atoms with Crippen molar-refractivity contribution in [1.29, 1.82) is 0 Å². The first-order valence-corrected chi connectivity index (χ1v) is 9.24. The summed E-state index contributed by atoms with van der Waals surface area (Å²) in [5, 5.41) is 2.91. The molecule has 0 bridgehead atoms. The van der Waals surface area contributed by atoms with Crippen LogP contribution in [0.3, 0.4) is 0 Å². The zero-order valence-electron chi connectivity index (χ0n) is 16.4. The predicted octanol–water partition coefficient (Wildman–Crippen LogP) is 2.17. The third-order valence-electron chi connectivity index (χ3n) is 4.87. The van der Waals surface area contributed by atoms with Crippen LogP contribution in [0.2, 0.25) is 0 Å². The van der Waals surface area contributed by atoms with Crippen molar-refractivity contribution in [2.45, 2.75) is 20.8 Å². The number of hydrogen-bond donors (Lipinski definition) is 1. The number of rotatable bonds is 4. The van der Waals surface area contributed by atoms with Crippen LogP contribution in [0.15, 0.2) is 30.3 Å². The second kappa shape index (κ2) is 8.21. The molecule has 0 radical (unpaired) electrons. The highest BCUT2D eigenvalue weighted by Crippen LogP contribution is 2.22. The Morgan fingerprint density at radius 3 is 2.21 bits per heavy atom. The molecule has 7 nitrogen and oxygen atoms in total. The molecular formula is C21H24N4O3. The smallest absolute Gasteiger partial charge is 0.274 e. The van der Waals surface area contributed by atoms with E-state index in [0.717, 1.165) is 28.8 Å². The van der Waals surface area contributed by atoms with E-state index in [-0.39, 0.29) is 23.2 Å². The van der Waals surface area contributed by atoms with Gasteiger partial charge in [0.2, 0.25) is 6.41 Å². The second-order valence-electron chi connectivity index (χ2n) is 7.07. The van der Waals surface area contributed by atoms with Crippen LogP contribution in [0.5, 0.6) is 0 Å². The number of aryl methyl sites for hydroxylation is 3. The fourth-order valence-electron chi connectivity index (χ4n) is 3.43. The van der Waals surface area contributed by atoms with Gasteiger partial charge in [0.25, 0.3) is 11.8 Å². The number of pyridine rings is 1. The van der Waals surface area contributed by atoms with Gasteiger partial charge in [-0.3, -0.25) is 14.4 Å². The van der Waals surface area contributed by atoms with Crippen LogP contribution < -0.4 is 5.32 Å². The van der Waals surface area contributed by atoms with Gasteiger partial charge in [-0.05, 0) is 44.0 Å². The maximum atomic E-state index is 12.7. The van der Waals surface area contributed by atoms with Gasteiger partial charge < -0.3 is 15.1 Å². The Balaban J connectivity index is 1.75. The van der Waals surface area contributed by atoms with E-state index in [1.54, 1.807) is 28.0 Å². The van der Waals surface area contributed by atoms with Gasteiger partial charge in [-0.25, -0.2) is 4.98 Å². The summed E-state index contributed by atoms with van der Waals surface area (Å²) < 4.78 is 0. The van der Waals surface area contributed by atoms with E-state index < -0.39 is 0 Å². The molecule has 3 amide bonds. The molecule has 0 saturated carbocycles. The third kappa shape index (κ3) is 4.19. The lowest BCUT2D eigenvalue weighted by Crippen LogP contribution is -2.48. The fourth-order valence-corrected chi connectivity index (χ4v) is 3.43. The minimum Gasteiger partial charge on any atom is -0.342 e. The van der Waals surface area contributed by atoms with Gasteiger partial charge >= 0.3 is 0 Å². The van der Waals surface area contributed by atoms with Gasteiger partial charge in [0.15, 0.2) is 0 Å². The van der Waals surface area contributed by atoms with E-state index in [9.17, 15) is 14.4 Å². The summed E-state index contributed by atoms with van der Waals surface area (Å²) in [5.41, 5.74) is 4.27. The first-order chi connectivity index (χ1) is 13.4. The largest absolute Gasteiger partial charge is 0.342 e. The molecule has 1 aromatic carbocycles. The van der Waals surface area contributed by atoms with Gasteiger partial charge in [0.1, 0.15) is 11.4 Å².